The maximum Gasteiger partial charge on any atom is 0.407 e. The van der Waals surface area contributed by atoms with Gasteiger partial charge in [0.05, 0.1) is 49.6 Å². The second-order valence-corrected chi connectivity index (χ2v) is 19.6. The van der Waals surface area contributed by atoms with Crippen molar-refractivity contribution in [3.05, 3.63) is 134 Å². The molecule has 2 N–H and O–H groups in total. The lowest BCUT2D eigenvalue weighted by atomic mass is 10.1. The van der Waals surface area contributed by atoms with E-state index in [2.05, 4.69) is 61.9 Å². The summed E-state index contributed by atoms with van der Waals surface area (Å²) < 4.78 is 38.0. The molecule has 0 unspecified atom stereocenters. The number of amides is 1. The largest absolute Gasteiger partial charge is 0.493 e. The highest BCUT2D eigenvalue weighted by molar-refractivity contribution is 6.99. The number of ether oxygens (including phenoxy) is 5. The van der Waals surface area contributed by atoms with Crippen molar-refractivity contribution < 1.29 is 37.8 Å². The van der Waals surface area contributed by atoms with Crippen molar-refractivity contribution in [3.8, 4) is 11.5 Å². The number of rotatable bonds is 20. The van der Waals surface area contributed by atoms with Gasteiger partial charge in [-0.05, 0) is 47.7 Å². The van der Waals surface area contributed by atoms with Gasteiger partial charge in [-0.3, -0.25) is 24.5 Å². The fourth-order valence-corrected chi connectivity index (χ4v) is 11.8. The van der Waals surface area contributed by atoms with Crippen LogP contribution >= 0.6 is 0 Å². The molecule has 16 heteroatoms. The summed E-state index contributed by atoms with van der Waals surface area (Å²) >= 11 is 0. The number of hydrogen-bond acceptors (Lipinski definition) is 11. The topological polar surface area (TPSA) is 182 Å². The summed E-state index contributed by atoms with van der Waals surface area (Å²) in [6.07, 6.45) is 2.46. The Hall–Kier alpha value is -5.55. The van der Waals surface area contributed by atoms with Crippen LogP contribution in [0.1, 0.15) is 63.8 Å². The number of aromatic amines is 1. The number of nitro groups is 1. The number of aromatic nitrogens is 2. The van der Waals surface area contributed by atoms with Crippen molar-refractivity contribution in [2.24, 2.45) is 0 Å². The van der Waals surface area contributed by atoms with Gasteiger partial charge in [-0.1, -0.05) is 94.1 Å². The molecular formula is C43H54N4O11Si. The third-order valence-corrected chi connectivity index (χ3v) is 15.2. The zero-order chi connectivity index (χ0) is 42.6. The summed E-state index contributed by atoms with van der Waals surface area (Å²) in [6, 6.07) is 23.1. The van der Waals surface area contributed by atoms with Crippen LogP contribution < -0.4 is 36.4 Å². The fourth-order valence-electron chi connectivity index (χ4n) is 7.27. The van der Waals surface area contributed by atoms with Gasteiger partial charge in [0.1, 0.15) is 18.9 Å². The SMILES string of the molecule is C=CCOC(=O)NCCCCCOc1cc([N+](=O)[O-])c(CO[C@H]2C[C@H](n3cc(C)c(=O)[nH]c3=O)O[C@@H]2CO[Si](c2ccccc2)(c2ccccc2)C(C)(C)C)cc1OC. The number of hydrogen-bond donors (Lipinski definition) is 2. The molecule has 0 saturated carbocycles. The smallest absolute Gasteiger partial charge is 0.407 e. The van der Waals surface area contributed by atoms with Gasteiger partial charge < -0.3 is 33.4 Å². The zero-order valence-electron chi connectivity index (χ0n) is 34.3. The molecule has 0 spiro atoms. The van der Waals surface area contributed by atoms with Crippen LogP contribution in [-0.4, -0.2) is 74.6 Å². The van der Waals surface area contributed by atoms with Crippen LogP contribution in [-0.2, 0) is 25.2 Å². The van der Waals surface area contributed by atoms with Crippen LogP contribution in [0.3, 0.4) is 0 Å². The number of nitrogens with one attached hydrogen (secondary N) is 2. The van der Waals surface area contributed by atoms with Crippen molar-refractivity contribution in [1.82, 2.24) is 14.9 Å². The first-order valence-electron chi connectivity index (χ1n) is 19.6. The van der Waals surface area contributed by atoms with Crippen molar-refractivity contribution >= 4 is 30.5 Å². The van der Waals surface area contributed by atoms with Crippen LogP contribution in [0.2, 0.25) is 5.04 Å². The number of nitro benzene ring substituents is 1. The van der Waals surface area contributed by atoms with Crippen LogP contribution in [0.25, 0.3) is 0 Å². The van der Waals surface area contributed by atoms with E-state index < -0.39 is 49.0 Å². The molecule has 0 radical (unpaired) electrons. The molecule has 4 aromatic rings. The number of carbonyl (C=O) groups is 1. The Bertz CT molecular complexity index is 2120. The molecule has 1 amide bonds. The van der Waals surface area contributed by atoms with E-state index in [4.69, 9.17) is 28.1 Å². The van der Waals surface area contributed by atoms with Gasteiger partial charge in [-0.15, -0.1) is 0 Å². The van der Waals surface area contributed by atoms with Crippen LogP contribution in [0.15, 0.2) is 101 Å². The number of alkyl carbamates (subject to hydrolysis) is 1. The number of H-pyrrole nitrogens is 1. The molecule has 0 aliphatic carbocycles. The Morgan fingerprint density at radius 2 is 1.73 bits per heavy atom. The van der Waals surface area contributed by atoms with E-state index in [-0.39, 0.29) is 54.9 Å². The molecule has 1 aliphatic rings. The molecule has 15 nitrogen and oxygen atoms in total. The van der Waals surface area contributed by atoms with Crippen LogP contribution in [0.5, 0.6) is 11.5 Å². The first-order chi connectivity index (χ1) is 28.3. The molecule has 2 heterocycles. The van der Waals surface area contributed by atoms with E-state index in [0.717, 1.165) is 16.8 Å². The summed E-state index contributed by atoms with van der Waals surface area (Å²) in [5.41, 5.74) is -0.754. The van der Waals surface area contributed by atoms with E-state index in [1.807, 2.05) is 36.4 Å². The molecule has 0 bridgehead atoms. The molecule has 1 fully saturated rings. The lowest BCUT2D eigenvalue weighted by molar-refractivity contribution is -0.386. The fraction of sp³-hybridized carbons (Fsp3) is 0.419. The van der Waals surface area contributed by atoms with Gasteiger partial charge in [-0.2, -0.15) is 0 Å². The van der Waals surface area contributed by atoms with Gasteiger partial charge in [0.15, 0.2) is 11.5 Å². The second-order valence-electron chi connectivity index (χ2n) is 15.3. The van der Waals surface area contributed by atoms with Gasteiger partial charge in [0.2, 0.25) is 0 Å². The average Bonchev–Trinajstić information content (AvgIpc) is 3.63. The quantitative estimate of drug-likeness (QED) is 0.0368. The summed E-state index contributed by atoms with van der Waals surface area (Å²) in [6.45, 7) is 12.3. The highest BCUT2D eigenvalue weighted by Gasteiger charge is 2.51. The maximum atomic E-state index is 13.0. The Morgan fingerprint density at radius 3 is 2.34 bits per heavy atom. The molecule has 316 valence electrons. The average molecular weight is 831 g/mol. The molecule has 59 heavy (non-hydrogen) atoms. The summed E-state index contributed by atoms with van der Waals surface area (Å²) in [7, 11) is -1.58. The number of unbranched alkanes of at least 4 members (excludes halogenated alkanes) is 2. The van der Waals surface area contributed by atoms with Crippen molar-refractivity contribution in [1.29, 1.82) is 0 Å². The first kappa shape index (κ1) is 44.5. The van der Waals surface area contributed by atoms with E-state index in [0.29, 0.717) is 30.7 Å². The normalized spacial score (nSPS) is 16.7. The minimum atomic E-state index is -3.03. The van der Waals surface area contributed by atoms with Crippen molar-refractivity contribution in [3.63, 3.8) is 0 Å². The predicted octanol–water partition coefficient (Wildman–Crippen LogP) is 5.67. The number of methoxy groups -OCH3 is 1. The molecule has 3 atom stereocenters. The molecule has 1 aromatic heterocycles. The summed E-state index contributed by atoms with van der Waals surface area (Å²) in [4.78, 5) is 51.1. The Kier molecular flexibility index (Phi) is 15.4. The summed E-state index contributed by atoms with van der Waals surface area (Å²) in [5, 5.41) is 16.9. The third-order valence-electron chi connectivity index (χ3n) is 10.2. The molecular weight excluding hydrogens is 777 g/mol. The van der Waals surface area contributed by atoms with Crippen LogP contribution in [0.4, 0.5) is 10.5 Å². The monoisotopic (exact) mass is 830 g/mol. The summed E-state index contributed by atoms with van der Waals surface area (Å²) in [5.74, 6) is 0.506. The third kappa shape index (κ3) is 10.9. The van der Waals surface area contributed by atoms with Crippen molar-refractivity contribution in [2.45, 2.75) is 83.5 Å². The first-order valence-corrected chi connectivity index (χ1v) is 21.5. The van der Waals surface area contributed by atoms with E-state index >= 15 is 0 Å². The lowest BCUT2D eigenvalue weighted by Gasteiger charge is -2.43. The number of benzene rings is 3. The van der Waals surface area contributed by atoms with E-state index in [9.17, 15) is 24.5 Å². The second kappa shape index (κ2) is 20.4. The zero-order valence-corrected chi connectivity index (χ0v) is 35.3. The minimum absolute atomic E-state index is 0.0825. The number of nitrogens with zero attached hydrogens (tertiary/aromatic N) is 2. The predicted molar refractivity (Wildman–Crippen MR) is 225 cm³/mol. The Labute approximate surface area is 344 Å². The molecule has 3 aromatic carbocycles. The minimum Gasteiger partial charge on any atom is -0.493 e. The highest BCUT2D eigenvalue weighted by Crippen LogP contribution is 2.40. The Balaban J connectivity index is 1.37. The maximum absolute atomic E-state index is 13.0. The van der Waals surface area contributed by atoms with Gasteiger partial charge in [-0.25, -0.2) is 9.59 Å². The lowest BCUT2D eigenvalue weighted by Crippen LogP contribution is -2.67. The van der Waals surface area contributed by atoms with E-state index in [1.165, 1.54) is 36.1 Å². The standard InChI is InChI=1S/C43H54N4O11Si/c1-7-22-55-42(50)44-21-15-10-16-23-54-36-25-34(47(51)52)31(24-35(36)53-6)28-56-37-26-39(46-27-30(2)40(48)45-41(46)49)58-38(37)29-57-59(43(3,4)5,32-17-11-8-12-18-32)33-19-13-9-14-20-33/h7-9,11-14,17-20,24-25,27,37-39H,1,10,15-16,21-23,26,28-29H2,2-6H3,(H,44,50)(H,45,48,49)/t37-,38+,39+/m0/s1. The van der Waals surface area contributed by atoms with Gasteiger partial charge in [0.25, 0.3) is 19.6 Å². The molecule has 5 rings (SSSR count). The van der Waals surface area contributed by atoms with Crippen LogP contribution in [0, 0.1) is 17.0 Å². The van der Waals surface area contributed by atoms with Crippen molar-refractivity contribution in [2.75, 3.05) is 33.5 Å². The van der Waals surface area contributed by atoms with E-state index in [1.54, 1.807) is 6.92 Å². The number of aryl methyl sites for hydroxylation is 1. The van der Waals surface area contributed by atoms with Gasteiger partial charge in [0, 0.05) is 24.7 Å². The molecule has 1 aliphatic heterocycles. The highest BCUT2D eigenvalue weighted by atomic mass is 28.4. The Morgan fingerprint density at radius 1 is 1.05 bits per heavy atom. The molecule has 1 saturated heterocycles. The van der Waals surface area contributed by atoms with Gasteiger partial charge >= 0.3 is 11.8 Å². The number of carbonyl (C=O) groups excluding carboxylic acids is 1.